The monoisotopic (exact) mass is 148 g/mol. The summed E-state index contributed by atoms with van der Waals surface area (Å²) in [6, 6.07) is 6.83. The molecule has 0 amide bonds. The third-order valence-electron chi connectivity index (χ3n) is 1.38. The van der Waals surface area contributed by atoms with Gasteiger partial charge in [-0.3, -0.25) is 4.98 Å². The fourth-order valence-corrected chi connectivity index (χ4v) is 0.708. The second-order valence-corrected chi connectivity index (χ2v) is 2.40. The van der Waals surface area contributed by atoms with E-state index in [0.717, 1.165) is 0 Å². The highest BCUT2D eigenvalue weighted by Crippen LogP contribution is 2.15. The van der Waals surface area contributed by atoms with Crippen molar-refractivity contribution in [3.63, 3.8) is 0 Å². The van der Waals surface area contributed by atoms with E-state index in [0.29, 0.717) is 5.69 Å². The molecule has 1 heterocycles. The maximum atomic E-state index is 9.37. The van der Waals surface area contributed by atoms with Gasteiger partial charge in [-0.15, -0.1) is 0 Å². The quantitative estimate of drug-likeness (QED) is 0.599. The van der Waals surface area contributed by atoms with Gasteiger partial charge >= 0.3 is 0 Å². The lowest BCUT2D eigenvalue weighted by Crippen LogP contribution is -2.19. The molecule has 11 heavy (non-hydrogen) atoms. The number of nitriles is 1. The van der Waals surface area contributed by atoms with Gasteiger partial charge in [0, 0.05) is 6.20 Å². The average Bonchev–Trinajstić information content (AvgIpc) is 2.06. The summed E-state index contributed by atoms with van der Waals surface area (Å²) < 4.78 is 0. The lowest BCUT2D eigenvalue weighted by molar-refractivity contribution is 0.115. The van der Waals surface area contributed by atoms with E-state index in [1.165, 1.54) is 6.92 Å². The molecule has 0 aliphatic heterocycles. The highest BCUT2D eigenvalue weighted by Gasteiger charge is 2.22. The van der Waals surface area contributed by atoms with Crippen LogP contribution in [0.1, 0.15) is 12.6 Å². The summed E-state index contributed by atoms with van der Waals surface area (Å²) in [7, 11) is 0. The average molecular weight is 148 g/mol. The lowest BCUT2D eigenvalue weighted by atomic mass is 10.0. The van der Waals surface area contributed by atoms with E-state index < -0.39 is 5.60 Å². The number of aromatic nitrogens is 1. The molecular formula is C8H8N2O. The summed E-state index contributed by atoms with van der Waals surface area (Å²) >= 11 is 0. The van der Waals surface area contributed by atoms with Crippen LogP contribution in [0.3, 0.4) is 0 Å². The van der Waals surface area contributed by atoms with E-state index in [4.69, 9.17) is 5.26 Å². The number of rotatable bonds is 1. The SMILES string of the molecule is C[C@@](O)(C#N)c1ccccn1. The fraction of sp³-hybridized carbons (Fsp3) is 0.250. The Morgan fingerprint density at radius 2 is 2.36 bits per heavy atom. The largest absolute Gasteiger partial charge is 0.370 e. The van der Waals surface area contributed by atoms with E-state index in [1.54, 1.807) is 30.5 Å². The molecule has 0 saturated heterocycles. The van der Waals surface area contributed by atoms with Gasteiger partial charge in [0.25, 0.3) is 0 Å². The van der Waals surface area contributed by atoms with Crippen LogP contribution in [-0.2, 0) is 5.60 Å². The second kappa shape index (κ2) is 2.69. The summed E-state index contributed by atoms with van der Waals surface area (Å²) in [5, 5.41) is 17.9. The van der Waals surface area contributed by atoms with Crippen molar-refractivity contribution in [2.45, 2.75) is 12.5 Å². The Bertz CT molecular complexity index is 274. The molecule has 0 spiro atoms. The van der Waals surface area contributed by atoms with Crippen LogP contribution < -0.4 is 0 Å². The number of nitrogens with zero attached hydrogens (tertiary/aromatic N) is 2. The maximum Gasteiger partial charge on any atom is 0.190 e. The van der Waals surface area contributed by atoms with Gasteiger partial charge in [-0.1, -0.05) is 6.07 Å². The molecule has 3 nitrogen and oxygen atoms in total. The van der Waals surface area contributed by atoms with Crippen molar-refractivity contribution in [2.75, 3.05) is 0 Å². The topological polar surface area (TPSA) is 56.9 Å². The van der Waals surface area contributed by atoms with Gasteiger partial charge in [0.05, 0.1) is 5.69 Å². The summed E-state index contributed by atoms with van der Waals surface area (Å²) in [6.07, 6.45) is 1.54. The zero-order valence-electron chi connectivity index (χ0n) is 6.15. The first kappa shape index (κ1) is 7.70. The highest BCUT2D eigenvalue weighted by molar-refractivity contribution is 5.19. The first-order valence-electron chi connectivity index (χ1n) is 3.22. The molecule has 1 rings (SSSR count). The predicted molar refractivity (Wildman–Crippen MR) is 39.4 cm³/mol. The lowest BCUT2D eigenvalue weighted by Gasteiger charge is -2.11. The first-order chi connectivity index (χ1) is 5.17. The van der Waals surface area contributed by atoms with Crippen molar-refractivity contribution >= 4 is 0 Å². The first-order valence-corrected chi connectivity index (χ1v) is 3.22. The molecule has 3 heteroatoms. The smallest absolute Gasteiger partial charge is 0.190 e. The summed E-state index contributed by atoms with van der Waals surface area (Å²) in [5.41, 5.74) is -1.09. The van der Waals surface area contributed by atoms with Crippen molar-refractivity contribution in [3.05, 3.63) is 30.1 Å². The van der Waals surface area contributed by atoms with Crippen molar-refractivity contribution in [2.24, 2.45) is 0 Å². The fourth-order valence-electron chi connectivity index (χ4n) is 0.708. The molecule has 0 bridgehead atoms. The van der Waals surface area contributed by atoms with Crippen LogP contribution in [0.2, 0.25) is 0 Å². The van der Waals surface area contributed by atoms with E-state index in [9.17, 15) is 5.11 Å². The predicted octanol–water partition coefficient (Wildman–Crippen LogP) is 0.813. The molecular weight excluding hydrogens is 140 g/mol. The van der Waals surface area contributed by atoms with E-state index in [1.807, 2.05) is 0 Å². The molecule has 1 aromatic rings. The summed E-state index contributed by atoms with van der Waals surface area (Å²) in [5.74, 6) is 0. The van der Waals surface area contributed by atoms with Gasteiger partial charge in [0.1, 0.15) is 6.07 Å². The van der Waals surface area contributed by atoms with Crippen molar-refractivity contribution in [1.82, 2.24) is 4.98 Å². The van der Waals surface area contributed by atoms with Gasteiger partial charge in [0.15, 0.2) is 5.60 Å². The zero-order chi connectivity index (χ0) is 8.32. The Kier molecular flexibility index (Phi) is 1.88. The van der Waals surface area contributed by atoms with Crippen molar-refractivity contribution < 1.29 is 5.11 Å². The highest BCUT2D eigenvalue weighted by atomic mass is 16.3. The van der Waals surface area contributed by atoms with Crippen LogP contribution in [0.15, 0.2) is 24.4 Å². The molecule has 0 unspecified atom stereocenters. The number of pyridine rings is 1. The van der Waals surface area contributed by atoms with Crippen LogP contribution in [0, 0.1) is 11.3 Å². The Balaban J connectivity index is 3.05. The van der Waals surface area contributed by atoms with Crippen LogP contribution in [0.4, 0.5) is 0 Å². The Morgan fingerprint density at radius 3 is 2.82 bits per heavy atom. The number of hydrogen-bond acceptors (Lipinski definition) is 3. The molecule has 0 saturated carbocycles. The normalized spacial score (nSPS) is 15.0. The molecule has 56 valence electrons. The molecule has 1 atom stereocenters. The molecule has 0 aromatic carbocycles. The molecule has 0 radical (unpaired) electrons. The van der Waals surface area contributed by atoms with E-state index in [-0.39, 0.29) is 0 Å². The van der Waals surface area contributed by atoms with Gasteiger partial charge in [-0.05, 0) is 19.1 Å². The van der Waals surface area contributed by atoms with Crippen LogP contribution in [0.5, 0.6) is 0 Å². The Labute approximate surface area is 64.9 Å². The van der Waals surface area contributed by atoms with Gasteiger partial charge in [0.2, 0.25) is 0 Å². The number of aliphatic hydroxyl groups is 1. The van der Waals surface area contributed by atoms with E-state index >= 15 is 0 Å². The van der Waals surface area contributed by atoms with Gasteiger partial charge < -0.3 is 5.11 Å². The third kappa shape index (κ3) is 1.54. The van der Waals surface area contributed by atoms with Crippen LogP contribution in [0.25, 0.3) is 0 Å². The standard InChI is InChI=1S/C8H8N2O/c1-8(11,6-9)7-4-2-3-5-10-7/h2-5,11H,1H3/t8-/m1/s1. The minimum atomic E-state index is -1.47. The minimum Gasteiger partial charge on any atom is -0.370 e. The van der Waals surface area contributed by atoms with Gasteiger partial charge in [-0.25, -0.2) is 0 Å². The minimum absolute atomic E-state index is 0.377. The van der Waals surface area contributed by atoms with Crippen molar-refractivity contribution in [1.29, 1.82) is 5.26 Å². The molecule has 1 N–H and O–H groups in total. The molecule has 0 aliphatic carbocycles. The van der Waals surface area contributed by atoms with Crippen LogP contribution >= 0.6 is 0 Å². The molecule has 0 aliphatic rings. The Morgan fingerprint density at radius 1 is 1.64 bits per heavy atom. The van der Waals surface area contributed by atoms with Gasteiger partial charge in [-0.2, -0.15) is 5.26 Å². The third-order valence-corrected chi connectivity index (χ3v) is 1.38. The molecule has 1 aromatic heterocycles. The summed E-state index contributed by atoms with van der Waals surface area (Å²) in [6.45, 7) is 1.41. The maximum absolute atomic E-state index is 9.37. The van der Waals surface area contributed by atoms with E-state index in [2.05, 4.69) is 4.98 Å². The van der Waals surface area contributed by atoms with Crippen LogP contribution in [-0.4, -0.2) is 10.1 Å². The van der Waals surface area contributed by atoms with Crippen molar-refractivity contribution in [3.8, 4) is 6.07 Å². The summed E-state index contributed by atoms with van der Waals surface area (Å²) in [4.78, 5) is 3.85. The number of hydrogen-bond donors (Lipinski definition) is 1. The zero-order valence-corrected chi connectivity index (χ0v) is 6.15. The Hall–Kier alpha value is -1.40. The second-order valence-electron chi connectivity index (χ2n) is 2.40. The molecule has 0 fully saturated rings.